The molecule has 0 saturated carbocycles. The fourth-order valence-electron chi connectivity index (χ4n) is 5.13. The molecule has 38 heavy (non-hydrogen) atoms. The Balaban J connectivity index is 1.54. The number of para-hydroxylation sites is 1. The Hall–Kier alpha value is -3.51. The molecule has 1 saturated heterocycles. The topological polar surface area (TPSA) is 154 Å². The predicted octanol–water partition coefficient (Wildman–Crippen LogP) is 0.744. The number of benzene rings is 3. The van der Waals surface area contributed by atoms with E-state index in [-0.39, 0.29) is 5.56 Å². The van der Waals surface area contributed by atoms with Gasteiger partial charge in [0, 0.05) is 18.1 Å². The Morgan fingerprint density at radius 1 is 1.05 bits per heavy atom. The molecule has 5 rings (SSSR count). The Morgan fingerprint density at radius 2 is 1.82 bits per heavy atom. The summed E-state index contributed by atoms with van der Waals surface area (Å²) in [6.07, 6.45) is -5.03. The second-order valence-corrected chi connectivity index (χ2v) is 9.51. The number of aliphatic hydroxyl groups is 5. The maximum atomic E-state index is 13.6. The monoisotopic (exact) mass is 522 g/mol. The third kappa shape index (κ3) is 4.31. The Morgan fingerprint density at radius 3 is 2.53 bits per heavy atom. The lowest BCUT2D eigenvalue weighted by atomic mass is 9.83. The number of aliphatic hydroxyl groups excluding tert-OH is 5. The van der Waals surface area contributed by atoms with Crippen molar-refractivity contribution in [2.75, 3.05) is 20.3 Å². The molecular formula is C28H30N2O8. The zero-order chi connectivity index (χ0) is 27.0. The molecule has 0 aliphatic carbocycles. The Kier molecular flexibility index (Phi) is 7.10. The first-order valence-corrected chi connectivity index (χ1v) is 12.2. The number of amides is 1. The third-order valence-electron chi connectivity index (χ3n) is 7.26. The molecule has 3 aromatic carbocycles. The van der Waals surface area contributed by atoms with Gasteiger partial charge < -0.3 is 44.9 Å². The molecule has 1 aliphatic heterocycles. The normalized spacial score (nSPS) is 25.5. The first-order valence-electron chi connectivity index (χ1n) is 12.2. The van der Waals surface area contributed by atoms with Gasteiger partial charge in [0.1, 0.15) is 29.6 Å². The average Bonchev–Trinajstić information content (AvgIpc) is 3.31. The summed E-state index contributed by atoms with van der Waals surface area (Å²) in [5.41, 5.74) is -0.276. The van der Waals surface area contributed by atoms with E-state index >= 15 is 0 Å². The molecule has 0 radical (unpaired) electrons. The number of aromatic nitrogens is 1. The summed E-state index contributed by atoms with van der Waals surface area (Å²) in [5.74, 6) is -0.174. The standard InChI is InChI=1S/C28H30N2O8/c1-37-21-8-4-7-19-20(26(35)29-28(15-32)25(34)24(33)22(14-31)38-27(28)36)13-30(23(19)21)12-16-9-10-17-5-2-3-6-18(17)11-16/h2-11,13,22,24-25,27,31-34,36H,12,14-15H2,1H3,(H,29,35)/t22-,24-,25+,27?,28-/m1/s1. The highest BCUT2D eigenvalue weighted by molar-refractivity contribution is 6.08. The second kappa shape index (κ2) is 10.3. The van der Waals surface area contributed by atoms with E-state index in [2.05, 4.69) is 11.4 Å². The Bertz CT molecular complexity index is 1470. The molecule has 200 valence electrons. The van der Waals surface area contributed by atoms with Crippen molar-refractivity contribution in [1.29, 1.82) is 0 Å². The van der Waals surface area contributed by atoms with Crippen LogP contribution in [0.4, 0.5) is 0 Å². The summed E-state index contributed by atoms with van der Waals surface area (Å²) in [6, 6.07) is 19.4. The Labute approximate surface area is 218 Å². The smallest absolute Gasteiger partial charge is 0.254 e. The van der Waals surface area contributed by atoms with Gasteiger partial charge >= 0.3 is 0 Å². The SMILES string of the molecule is COc1cccc2c(C(=O)N[C@@]3(CO)C(O)O[C@H](CO)[C@@H](O)[C@@H]3O)cn(Cc3ccc4ccccc4c3)c12. The van der Waals surface area contributed by atoms with Crippen LogP contribution in [0.1, 0.15) is 15.9 Å². The van der Waals surface area contributed by atoms with Crippen LogP contribution in [0.15, 0.2) is 66.9 Å². The molecule has 0 spiro atoms. The first-order chi connectivity index (χ1) is 18.3. The number of rotatable bonds is 7. The molecule has 4 aromatic rings. The number of nitrogens with zero attached hydrogens (tertiary/aromatic N) is 1. The predicted molar refractivity (Wildman–Crippen MR) is 139 cm³/mol. The highest BCUT2D eigenvalue weighted by atomic mass is 16.6. The van der Waals surface area contributed by atoms with E-state index in [1.165, 1.54) is 7.11 Å². The van der Waals surface area contributed by atoms with Crippen LogP contribution in [0.2, 0.25) is 0 Å². The number of fused-ring (bicyclic) bond motifs is 2. The summed E-state index contributed by atoms with van der Waals surface area (Å²) < 4.78 is 12.7. The molecule has 5 atom stereocenters. The fourth-order valence-corrected chi connectivity index (χ4v) is 5.13. The third-order valence-corrected chi connectivity index (χ3v) is 7.26. The number of hydrogen-bond donors (Lipinski definition) is 6. The van der Waals surface area contributed by atoms with Crippen LogP contribution in [0.3, 0.4) is 0 Å². The zero-order valence-corrected chi connectivity index (χ0v) is 20.7. The highest BCUT2D eigenvalue weighted by Gasteiger charge is 2.56. The van der Waals surface area contributed by atoms with Crippen LogP contribution in [0.25, 0.3) is 21.7 Å². The maximum Gasteiger partial charge on any atom is 0.254 e. The van der Waals surface area contributed by atoms with Crippen molar-refractivity contribution in [2.45, 2.75) is 36.7 Å². The van der Waals surface area contributed by atoms with Crippen molar-refractivity contribution < 1.29 is 39.8 Å². The van der Waals surface area contributed by atoms with Crippen LogP contribution in [0, 0.1) is 0 Å². The lowest BCUT2D eigenvalue weighted by Gasteiger charge is -2.48. The summed E-state index contributed by atoms with van der Waals surface area (Å²) in [7, 11) is 1.54. The van der Waals surface area contributed by atoms with E-state index in [1.54, 1.807) is 24.4 Å². The number of hydrogen-bond acceptors (Lipinski definition) is 8. The van der Waals surface area contributed by atoms with Crippen molar-refractivity contribution >= 4 is 27.6 Å². The van der Waals surface area contributed by atoms with Gasteiger partial charge in [-0.1, -0.05) is 48.5 Å². The second-order valence-electron chi connectivity index (χ2n) is 9.51. The molecule has 10 heteroatoms. The molecule has 1 fully saturated rings. The molecule has 1 amide bonds. The van der Waals surface area contributed by atoms with Gasteiger partial charge in [-0.25, -0.2) is 0 Å². The van der Waals surface area contributed by atoms with Gasteiger partial charge in [0.2, 0.25) is 0 Å². The van der Waals surface area contributed by atoms with E-state index < -0.39 is 49.3 Å². The molecule has 2 heterocycles. The van der Waals surface area contributed by atoms with Crippen molar-refractivity contribution in [3.05, 3.63) is 78.0 Å². The molecule has 1 aliphatic rings. The lowest BCUT2D eigenvalue weighted by molar-refractivity contribution is -0.288. The molecule has 6 N–H and O–H groups in total. The minimum atomic E-state index is -2.13. The van der Waals surface area contributed by atoms with E-state index in [9.17, 15) is 30.3 Å². The number of ether oxygens (including phenoxy) is 2. The summed E-state index contributed by atoms with van der Waals surface area (Å²) in [6.45, 7) is -1.19. The molecule has 10 nitrogen and oxygen atoms in total. The fraction of sp³-hybridized carbons (Fsp3) is 0.321. The van der Waals surface area contributed by atoms with Gasteiger partial charge in [0.25, 0.3) is 5.91 Å². The number of nitrogens with one attached hydrogen (secondary N) is 1. The van der Waals surface area contributed by atoms with Gasteiger partial charge in [-0.3, -0.25) is 4.79 Å². The first kappa shape index (κ1) is 26.1. The van der Waals surface area contributed by atoms with Crippen LogP contribution in [-0.2, 0) is 11.3 Å². The minimum absolute atomic E-state index is 0.200. The van der Waals surface area contributed by atoms with Crippen molar-refractivity contribution in [1.82, 2.24) is 9.88 Å². The van der Waals surface area contributed by atoms with Crippen LogP contribution >= 0.6 is 0 Å². The summed E-state index contributed by atoms with van der Waals surface area (Å²) in [4.78, 5) is 13.6. The molecule has 0 bridgehead atoms. The largest absolute Gasteiger partial charge is 0.495 e. The van der Waals surface area contributed by atoms with E-state index in [1.807, 2.05) is 41.0 Å². The minimum Gasteiger partial charge on any atom is -0.495 e. The molecule has 1 unspecified atom stereocenters. The zero-order valence-electron chi connectivity index (χ0n) is 20.7. The van der Waals surface area contributed by atoms with Gasteiger partial charge in [-0.05, 0) is 28.5 Å². The summed E-state index contributed by atoms with van der Waals surface area (Å²) in [5, 5.41) is 56.4. The quantitative estimate of drug-likeness (QED) is 0.208. The van der Waals surface area contributed by atoms with Crippen molar-refractivity contribution in [3.8, 4) is 5.75 Å². The number of carbonyl (C=O) groups excluding carboxylic acids is 1. The van der Waals surface area contributed by atoms with Gasteiger partial charge in [-0.15, -0.1) is 0 Å². The summed E-state index contributed by atoms with van der Waals surface area (Å²) >= 11 is 0. The van der Waals surface area contributed by atoms with Crippen LogP contribution in [-0.4, -0.2) is 86.5 Å². The molecular weight excluding hydrogens is 492 g/mol. The van der Waals surface area contributed by atoms with Crippen molar-refractivity contribution in [2.24, 2.45) is 0 Å². The van der Waals surface area contributed by atoms with Crippen molar-refractivity contribution in [3.63, 3.8) is 0 Å². The van der Waals surface area contributed by atoms with Gasteiger partial charge in [-0.2, -0.15) is 0 Å². The number of carbonyl (C=O) groups is 1. The van der Waals surface area contributed by atoms with E-state index in [0.29, 0.717) is 23.2 Å². The van der Waals surface area contributed by atoms with E-state index in [0.717, 1.165) is 16.3 Å². The van der Waals surface area contributed by atoms with Gasteiger partial charge in [0.15, 0.2) is 6.29 Å². The maximum absolute atomic E-state index is 13.6. The average molecular weight is 523 g/mol. The van der Waals surface area contributed by atoms with E-state index in [4.69, 9.17) is 9.47 Å². The van der Waals surface area contributed by atoms with Crippen LogP contribution in [0.5, 0.6) is 5.75 Å². The highest BCUT2D eigenvalue weighted by Crippen LogP contribution is 2.33. The lowest BCUT2D eigenvalue weighted by Crippen LogP contribution is -2.74. The van der Waals surface area contributed by atoms with Crippen LogP contribution < -0.4 is 10.1 Å². The number of methoxy groups -OCH3 is 1. The molecule has 1 aromatic heterocycles. The van der Waals surface area contributed by atoms with Gasteiger partial charge in [0.05, 0.1) is 31.4 Å².